The van der Waals surface area contributed by atoms with Crippen molar-refractivity contribution >= 4 is 23.5 Å². The number of anilines is 1. The molecular formula is C22H24N2O5. The molecule has 0 aliphatic carbocycles. The average molecular weight is 396 g/mol. The van der Waals surface area contributed by atoms with E-state index in [4.69, 9.17) is 9.47 Å². The first-order chi connectivity index (χ1) is 14.0. The van der Waals surface area contributed by atoms with Crippen LogP contribution in [-0.4, -0.2) is 43.6 Å². The van der Waals surface area contributed by atoms with Gasteiger partial charge in [0.15, 0.2) is 6.10 Å². The molecule has 1 aliphatic rings. The summed E-state index contributed by atoms with van der Waals surface area (Å²) in [5, 5.41) is 2.76. The third kappa shape index (κ3) is 5.57. The summed E-state index contributed by atoms with van der Waals surface area (Å²) in [7, 11) is 0. The lowest BCUT2D eigenvalue weighted by atomic mass is 10.1. The summed E-state index contributed by atoms with van der Waals surface area (Å²) in [5.74, 6) is -0.717. The van der Waals surface area contributed by atoms with Crippen LogP contribution in [0.15, 0.2) is 54.6 Å². The van der Waals surface area contributed by atoms with Crippen LogP contribution in [0.3, 0.4) is 0 Å². The fourth-order valence-electron chi connectivity index (χ4n) is 3.03. The molecule has 1 heterocycles. The van der Waals surface area contributed by atoms with Crippen molar-refractivity contribution in [2.24, 2.45) is 0 Å². The molecule has 7 nitrogen and oxygen atoms in total. The monoisotopic (exact) mass is 396 g/mol. The second-order valence-electron chi connectivity index (χ2n) is 6.70. The van der Waals surface area contributed by atoms with Gasteiger partial charge in [-0.25, -0.2) is 0 Å². The van der Waals surface area contributed by atoms with Crippen molar-refractivity contribution in [3.8, 4) is 5.75 Å². The lowest BCUT2D eigenvalue weighted by Crippen LogP contribution is -2.41. The Hall–Kier alpha value is -3.35. The summed E-state index contributed by atoms with van der Waals surface area (Å²) in [4.78, 5) is 38.2. The Morgan fingerprint density at radius 1 is 1.14 bits per heavy atom. The van der Waals surface area contributed by atoms with Gasteiger partial charge in [0.25, 0.3) is 5.91 Å². The Kier molecular flexibility index (Phi) is 6.84. The number of nitrogens with one attached hydrogen (secondary N) is 1. The Bertz CT molecular complexity index is 869. The second kappa shape index (κ2) is 9.73. The third-order valence-corrected chi connectivity index (χ3v) is 4.55. The molecule has 2 aromatic rings. The lowest BCUT2D eigenvalue weighted by Gasteiger charge is -2.22. The van der Waals surface area contributed by atoms with Gasteiger partial charge in [-0.3, -0.25) is 19.3 Å². The van der Waals surface area contributed by atoms with Gasteiger partial charge in [0, 0.05) is 6.54 Å². The summed E-state index contributed by atoms with van der Waals surface area (Å²) >= 11 is 0. The van der Waals surface area contributed by atoms with E-state index in [1.807, 2.05) is 30.3 Å². The van der Waals surface area contributed by atoms with E-state index >= 15 is 0 Å². The smallest absolute Gasteiger partial charge is 0.326 e. The van der Waals surface area contributed by atoms with E-state index in [0.29, 0.717) is 24.4 Å². The van der Waals surface area contributed by atoms with Gasteiger partial charge in [0.1, 0.15) is 12.3 Å². The number of benzene rings is 2. The van der Waals surface area contributed by atoms with Gasteiger partial charge in [-0.05, 0) is 31.0 Å². The zero-order valence-corrected chi connectivity index (χ0v) is 16.3. The Balaban J connectivity index is 1.51. The van der Waals surface area contributed by atoms with Crippen LogP contribution in [0.1, 0.15) is 18.9 Å². The van der Waals surface area contributed by atoms with E-state index in [-0.39, 0.29) is 31.4 Å². The molecule has 1 N–H and O–H groups in total. The molecule has 0 radical (unpaired) electrons. The maximum Gasteiger partial charge on any atom is 0.326 e. The molecule has 7 heteroatoms. The quantitative estimate of drug-likeness (QED) is 0.725. The number of amides is 2. The molecule has 29 heavy (non-hydrogen) atoms. The Morgan fingerprint density at radius 3 is 2.66 bits per heavy atom. The molecule has 2 aromatic carbocycles. The van der Waals surface area contributed by atoms with Crippen molar-refractivity contribution in [2.75, 3.05) is 24.6 Å². The van der Waals surface area contributed by atoms with E-state index in [1.54, 1.807) is 24.3 Å². The summed E-state index contributed by atoms with van der Waals surface area (Å²) in [6.07, 6.45) is -0.101. The van der Waals surface area contributed by atoms with Crippen LogP contribution in [0, 0.1) is 0 Å². The van der Waals surface area contributed by atoms with E-state index < -0.39 is 12.1 Å². The van der Waals surface area contributed by atoms with E-state index in [2.05, 4.69) is 5.32 Å². The van der Waals surface area contributed by atoms with Gasteiger partial charge in [-0.1, -0.05) is 42.5 Å². The molecule has 1 atom stereocenters. The average Bonchev–Trinajstić information content (AvgIpc) is 2.87. The molecule has 0 bridgehead atoms. The first-order valence-corrected chi connectivity index (χ1v) is 9.58. The first kappa shape index (κ1) is 20.4. The van der Waals surface area contributed by atoms with Gasteiger partial charge in [-0.2, -0.15) is 0 Å². The van der Waals surface area contributed by atoms with Gasteiger partial charge < -0.3 is 14.8 Å². The van der Waals surface area contributed by atoms with E-state index in [1.165, 1.54) is 11.8 Å². The van der Waals surface area contributed by atoms with Crippen molar-refractivity contribution in [3.05, 3.63) is 60.2 Å². The molecule has 0 saturated carbocycles. The molecule has 1 aliphatic heterocycles. The molecule has 0 aromatic heterocycles. The summed E-state index contributed by atoms with van der Waals surface area (Å²) in [6.45, 7) is 1.93. The van der Waals surface area contributed by atoms with E-state index in [9.17, 15) is 14.4 Å². The number of carbonyl (C=O) groups excluding carboxylic acids is 3. The number of hydrogen-bond acceptors (Lipinski definition) is 5. The van der Waals surface area contributed by atoms with Crippen molar-refractivity contribution in [3.63, 3.8) is 0 Å². The number of ether oxygens (including phenoxy) is 2. The van der Waals surface area contributed by atoms with Crippen molar-refractivity contribution < 1.29 is 23.9 Å². The van der Waals surface area contributed by atoms with Gasteiger partial charge in [-0.15, -0.1) is 0 Å². The largest absolute Gasteiger partial charge is 0.491 e. The number of carbonyl (C=O) groups is 3. The molecule has 0 unspecified atom stereocenters. The van der Waals surface area contributed by atoms with Crippen LogP contribution in [0.4, 0.5) is 5.69 Å². The topological polar surface area (TPSA) is 84.9 Å². The van der Waals surface area contributed by atoms with Crippen LogP contribution in [-0.2, 0) is 25.5 Å². The highest BCUT2D eigenvalue weighted by molar-refractivity contribution is 5.99. The molecule has 2 amide bonds. The Labute approximate surface area is 169 Å². The molecule has 3 rings (SSSR count). The van der Waals surface area contributed by atoms with Crippen LogP contribution < -0.4 is 15.0 Å². The number of hydrogen-bond donors (Lipinski definition) is 1. The number of esters is 1. The minimum Gasteiger partial charge on any atom is -0.491 e. The zero-order valence-electron chi connectivity index (χ0n) is 16.3. The fourth-order valence-corrected chi connectivity index (χ4v) is 3.03. The lowest BCUT2D eigenvalue weighted by molar-refractivity contribution is -0.153. The number of nitrogens with zero attached hydrogens (tertiary/aromatic N) is 1. The predicted molar refractivity (Wildman–Crippen MR) is 108 cm³/mol. The number of rotatable bonds is 7. The predicted octanol–water partition coefficient (Wildman–Crippen LogP) is 2.09. The highest BCUT2D eigenvalue weighted by Crippen LogP contribution is 2.30. The summed E-state index contributed by atoms with van der Waals surface area (Å²) < 4.78 is 10.8. The van der Waals surface area contributed by atoms with Crippen molar-refractivity contribution in [2.45, 2.75) is 25.9 Å². The highest BCUT2D eigenvalue weighted by atomic mass is 16.5. The van der Waals surface area contributed by atoms with Crippen LogP contribution >= 0.6 is 0 Å². The molecule has 152 valence electrons. The number of fused-ring (bicyclic) bond motifs is 1. The molecular weight excluding hydrogens is 372 g/mol. The van der Waals surface area contributed by atoms with Crippen molar-refractivity contribution in [1.82, 2.24) is 5.32 Å². The van der Waals surface area contributed by atoms with Crippen LogP contribution in [0.2, 0.25) is 0 Å². The second-order valence-corrected chi connectivity index (χ2v) is 6.70. The van der Waals surface area contributed by atoms with Crippen LogP contribution in [0.5, 0.6) is 5.75 Å². The Morgan fingerprint density at radius 2 is 1.86 bits per heavy atom. The van der Waals surface area contributed by atoms with Gasteiger partial charge >= 0.3 is 5.97 Å². The van der Waals surface area contributed by atoms with Crippen LogP contribution in [0.25, 0.3) is 0 Å². The maximum absolute atomic E-state index is 12.4. The molecule has 0 fully saturated rings. The third-order valence-electron chi connectivity index (χ3n) is 4.55. The van der Waals surface area contributed by atoms with Gasteiger partial charge in [0.05, 0.1) is 18.7 Å². The summed E-state index contributed by atoms with van der Waals surface area (Å²) in [5.41, 5.74) is 1.63. The fraction of sp³-hybridized carbons (Fsp3) is 0.318. The standard InChI is InChI=1S/C22H24N2O5/c1-16(22(27)23-13-11-17-7-3-2-4-8-17)29-21(26)15-24-18-9-5-6-10-19(18)28-14-12-20(24)25/h2-10,16H,11-15H2,1H3,(H,23,27)/t16-/m1/s1. The zero-order chi connectivity index (χ0) is 20.6. The molecule has 0 spiro atoms. The minimum absolute atomic E-state index is 0.164. The van der Waals surface area contributed by atoms with E-state index in [0.717, 1.165) is 5.56 Å². The van der Waals surface area contributed by atoms with Gasteiger partial charge in [0.2, 0.25) is 5.91 Å². The minimum atomic E-state index is -0.952. The number of para-hydroxylation sites is 2. The van der Waals surface area contributed by atoms with Crippen molar-refractivity contribution in [1.29, 1.82) is 0 Å². The molecule has 0 saturated heterocycles. The SMILES string of the molecule is C[C@@H](OC(=O)CN1C(=O)CCOc2ccccc21)C(=O)NCCc1ccccc1. The highest BCUT2D eigenvalue weighted by Gasteiger charge is 2.27. The normalized spacial score (nSPS) is 14.2. The maximum atomic E-state index is 12.4. The summed E-state index contributed by atoms with van der Waals surface area (Å²) in [6, 6.07) is 16.8. The first-order valence-electron chi connectivity index (χ1n) is 9.58.